The van der Waals surface area contributed by atoms with E-state index in [1.807, 2.05) is 30.3 Å². The Bertz CT molecular complexity index is 537. The lowest BCUT2D eigenvalue weighted by Gasteiger charge is -2.01. The molecule has 0 aliphatic heterocycles. The van der Waals surface area contributed by atoms with Crippen LogP contribution >= 0.6 is 0 Å². The van der Waals surface area contributed by atoms with Gasteiger partial charge in [0.15, 0.2) is 0 Å². The van der Waals surface area contributed by atoms with Gasteiger partial charge in [0.2, 0.25) is 0 Å². The van der Waals surface area contributed by atoms with Crippen LogP contribution in [0.1, 0.15) is 38.3 Å². The number of carbonyl (C=O) groups excluding carboxylic acids is 1. The van der Waals surface area contributed by atoms with E-state index < -0.39 is 0 Å². The third kappa shape index (κ3) is 4.19. The Balaban J connectivity index is 1.83. The van der Waals surface area contributed by atoms with Gasteiger partial charge in [0.1, 0.15) is 12.3 Å². The number of esters is 1. The summed E-state index contributed by atoms with van der Waals surface area (Å²) < 4.78 is 6.84. The maximum Gasteiger partial charge on any atom is 0.306 e. The van der Waals surface area contributed by atoms with Gasteiger partial charge >= 0.3 is 5.97 Å². The number of ether oxygens (including phenoxy) is 1. The number of para-hydroxylation sites is 1. The number of unbranched alkanes of at least 4 members (excludes halogenated alkanes) is 2. The van der Waals surface area contributed by atoms with Gasteiger partial charge in [0, 0.05) is 6.42 Å². The molecule has 0 aliphatic carbocycles. The zero-order chi connectivity index (χ0) is 14.2. The largest absolute Gasteiger partial charge is 0.459 e. The average Bonchev–Trinajstić information content (AvgIpc) is 2.95. The highest BCUT2D eigenvalue weighted by Gasteiger charge is 2.06. The van der Waals surface area contributed by atoms with E-state index in [0.717, 1.165) is 24.9 Å². The number of aromatic nitrogens is 3. The molecule has 0 bridgehead atoms. The highest BCUT2D eigenvalue weighted by Crippen LogP contribution is 2.07. The van der Waals surface area contributed by atoms with Crippen LogP contribution in [0.3, 0.4) is 0 Å². The summed E-state index contributed by atoms with van der Waals surface area (Å²) in [5, 5.41) is 8.01. The Kier molecular flexibility index (Phi) is 5.29. The minimum absolute atomic E-state index is 0.173. The quantitative estimate of drug-likeness (QED) is 0.575. The van der Waals surface area contributed by atoms with Crippen LogP contribution in [0.15, 0.2) is 36.5 Å². The zero-order valence-corrected chi connectivity index (χ0v) is 11.7. The zero-order valence-electron chi connectivity index (χ0n) is 11.7. The summed E-state index contributed by atoms with van der Waals surface area (Å²) in [6.45, 7) is 2.28. The molecule has 0 fully saturated rings. The van der Waals surface area contributed by atoms with Crippen molar-refractivity contribution in [3.05, 3.63) is 42.2 Å². The predicted molar refractivity (Wildman–Crippen MR) is 75.3 cm³/mol. The molecule has 1 aromatic heterocycles. The van der Waals surface area contributed by atoms with Gasteiger partial charge in [-0.2, -0.15) is 0 Å². The van der Waals surface area contributed by atoms with Crippen LogP contribution in [0, 0.1) is 0 Å². The molecule has 2 aromatic rings. The van der Waals surface area contributed by atoms with Crippen LogP contribution in [0.2, 0.25) is 0 Å². The summed E-state index contributed by atoms with van der Waals surface area (Å²) in [7, 11) is 0. The molecule has 0 saturated heterocycles. The van der Waals surface area contributed by atoms with Gasteiger partial charge in [-0.15, -0.1) is 5.10 Å². The number of nitrogens with zero attached hydrogens (tertiary/aromatic N) is 3. The fraction of sp³-hybridized carbons (Fsp3) is 0.400. The van der Waals surface area contributed by atoms with Gasteiger partial charge in [0.05, 0.1) is 11.9 Å². The standard InChI is InChI=1S/C15H19N3O2/c1-2-3-5-10-15(19)20-12-13-11-18(17-16-13)14-8-6-4-7-9-14/h4,6-9,11H,2-3,5,10,12H2,1H3. The first-order valence-corrected chi connectivity index (χ1v) is 6.92. The highest BCUT2D eigenvalue weighted by molar-refractivity contribution is 5.69. The molecule has 0 unspecified atom stereocenters. The first kappa shape index (κ1) is 14.2. The first-order valence-electron chi connectivity index (χ1n) is 6.92. The van der Waals surface area contributed by atoms with Gasteiger partial charge < -0.3 is 4.74 Å². The van der Waals surface area contributed by atoms with Gasteiger partial charge in [-0.05, 0) is 18.6 Å². The number of benzene rings is 1. The van der Waals surface area contributed by atoms with Crippen molar-refractivity contribution in [2.45, 2.75) is 39.2 Å². The van der Waals surface area contributed by atoms with Crippen molar-refractivity contribution in [1.82, 2.24) is 15.0 Å². The van der Waals surface area contributed by atoms with Gasteiger partial charge in [-0.1, -0.05) is 43.2 Å². The molecule has 1 aromatic carbocycles. The van der Waals surface area contributed by atoms with Crippen molar-refractivity contribution in [3.8, 4) is 5.69 Å². The fourth-order valence-corrected chi connectivity index (χ4v) is 1.82. The maximum atomic E-state index is 11.5. The maximum absolute atomic E-state index is 11.5. The topological polar surface area (TPSA) is 57.0 Å². The van der Waals surface area contributed by atoms with Gasteiger partial charge in [-0.3, -0.25) is 4.79 Å². The normalized spacial score (nSPS) is 10.4. The molecule has 106 valence electrons. The van der Waals surface area contributed by atoms with Crippen LogP contribution in [0.4, 0.5) is 0 Å². The van der Waals surface area contributed by atoms with E-state index in [4.69, 9.17) is 4.74 Å². The van der Waals surface area contributed by atoms with E-state index in [-0.39, 0.29) is 12.6 Å². The number of hydrogen-bond acceptors (Lipinski definition) is 4. The van der Waals surface area contributed by atoms with E-state index in [9.17, 15) is 4.79 Å². The van der Waals surface area contributed by atoms with Gasteiger partial charge in [0.25, 0.3) is 0 Å². The molecule has 0 N–H and O–H groups in total. The Morgan fingerprint density at radius 3 is 2.80 bits per heavy atom. The third-order valence-electron chi connectivity index (χ3n) is 2.93. The second-order valence-electron chi connectivity index (χ2n) is 4.61. The lowest BCUT2D eigenvalue weighted by Crippen LogP contribution is -2.04. The van der Waals surface area contributed by atoms with Crippen LogP contribution < -0.4 is 0 Å². The molecule has 20 heavy (non-hydrogen) atoms. The van der Waals surface area contributed by atoms with Crippen LogP contribution in [-0.2, 0) is 16.1 Å². The molecule has 0 aliphatic rings. The summed E-state index contributed by atoms with van der Waals surface area (Å²) in [4.78, 5) is 11.5. The summed E-state index contributed by atoms with van der Waals surface area (Å²) >= 11 is 0. The predicted octanol–water partition coefficient (Wildman–Crippen LogP) is 2.89. The number of carbonyl (C=O) groups is 1. The molecule has 0 atom stereocenters. The van der Waals surface area contributed by atoms with Crippen molar-refractivity contribution in [3.63, 3.8) is 0 Å². The molecule has 0 saturated carbocycles. The second-order valence-corrected chi connectivity index (χ2v) is 4.61. The molecule has 0 radical (unpaired) electrons. The van der Waals surface area contributed by atoms with Crippen molar-refractivity contribution in [2.24, 2.45) is 0 Å². The molecular formula is C15H19N3O2. The van der Waals surface area contributed by atoms with E-state index in [2.05, 4.69) is 17.2 Å². The van der Waals surface area contributed by atoms with E-state index in [1.54, 1.807) is 10.9 Å². The summed E-state index contributed by atoms with van der Waals surface area (Å²) in [6, 6.07) is 9.69. The smallest absolute Gasteiger partial charge is 0.306 e. The molecule has 5 heteroatoms. The van der Waals surface area contributed by atoms with Crippen LogP contribution in [0.5, 0.6) is 0 Å². The Morgan fingerprint density at radius 2 is 2.05 bits per heavy atom. The molecule has 0 spiro atoms. The lowest BCUT2D eigenvalue weighted by molar-refractivity contribution is -0.145. The SMILES string of the molecule is CCCCCC(=O)OCc1cn(-c2ccccc2)nn1. The Hall–Kier alpha value is -2.17. The average molecular weight is 273 g/mol. The Labute approximate surface area is 118 Å². The molecular weight excluding hydrogens is 254 g/mol. The van der Waals surface area contributed by atoms with E-state index >= 15 is 0 Å². The summed E-state index contributed by atoms with van der Waals surface area (Å²) in [6.07, 6.45) is 5.28. The molecule has 2 rings (SSSR count). The van der Waals surface area contributed by atoms with Crippen molar-refractivity contribution >= 4 is 5.97 Å². The number of hydrogen-bond donors (Lipinski definition) is 0. The van der Waals surface area contributed by atoms with E-state index in [0.29, 0.717) is 12.1 Å². The molecule has 5 nitrogen and oxygen atoms in total. The number of rotatable bonds is 7. The summed E-state index contributed by atoms with van der Waals surface area (Å²) in [5.41, 5.74) is 1.58. The van der Waals surface area contributed by atoms with E-state index in [1.165, 1.54) is 0 Å². The minimum Gasteiger partial charge on any atom is -0.459 e. The Morgan fingerprint density at radius 1 is 1.25 bits per heavy atom. The first-order chi connectivity index (χ1) is 9.79. The monoisotopic (exact) mass is 273 g/mol. The molecule has 1 heterocycles. The summed E-state index contributed by atoms with van der Waals surface area (Å²) in [5.74, 6) is -0.173. The second kappa shape index (κ2) is 7.43. The fourth-order valence-electron chi connectivity index (χ4n) is 1.82. The third-order valence-corrected chi connectivity index (χ3v) is 2.93. The van der Waals surface area contributed by atoms with Crippen molar-refractivity contribution in [2.75, 3.05) is 0 Å². The van der Waals surface area contributed by atoms with Crippen LogP contribution in [0.25, 0.3) is 5.69 Å². The highest BCUT2D eigenvalue weighted by atomic mass is 16.5. The van der Waals surface area contributed by atoms with Crippen molar-refractivity contribution < 1.29 is 9.53 Å². The minimum atomic E-state index is -0.173. The molecule has 0 amide bonds. The van der Waals surface area contributed by atoms with Gasteiger partial charge in [-0.25, -0.2) is 4.68 Å². The van der Waals surface area contributed by atoms with Crippen LogP contribution in [-0.4, -0.2) is 21.0 Å². The lowest BCUT2D eigenvalue weighted by atomic mass is 10.2. The van der Waals surface area contributed by atoms with Crippen molar-refractivity contribution in [1.29, 1.82) is 0 Å².